The van der Waals surface area contributed by atoms with Crippen LogP contribution in [0.4, 0.5) is 16.3 Å². The Balaban J connectivity index is 1.62. The number of ether oxygens (including phenoxy) is 2. The van der Waals surface area contributed by atoms with Gasteiger partial charge < -0.3 is 19.7 Å². The van der Waals surface area contributed by atoms with Crippen molar-refractivity contribution < 1.29 is 14.3 Å². The number of urea groups is 1. The number of likely N-dealkylation sites (N-methyl/N-ethyl adjacent to an activating group) is 1. The number of hydrogen-bond acceptors (Lipinski definition) is 7. The second kappa shape index (κ2) is 9.32. The number of carbonyl (C=O) groups is 1. The minimum absolute atomic E-state index is 0.0509. The van der Waals surface area contributed by atoms with E-state index in [1.807, 2.05) is 13.1 Å². The number of halogens is 1. The molecule has 2 amide bonds. The van der Waals surface area contributed by atoms with Gasteiger partial charge in [-0.3, -0.25) is 5.32 Å². The first-order chi connectivity index (χ1) is 13.5. The van der Waals surface area contributed by atoms with Gasteiger partial charge in [0.25, 0.3) is 0 Å². The SMILES string of the molecule is CN1CCO[C@H](COc2ccc(Cl)cc2NC(=O)Nc2cnc(C#N)cn2)C1. The van der Waals surface area contributed by atoms with E-state index in [1.54, 1.807) is 18.2 Å². The molecule has 1 fully saturated rings. The van der Waals surface area contributed by atoms with Crippen LogP contribution in [-0.2, 0) is 4.74 Å². The summed E-state index contributed by atoms with van der Waals surface area (Å²) in [5.41, 5.74) is 0.572. The highest BCUT2D eigenvalue weighted by Gasteiger charge is 2.19. The molecule has 1 aromatic heterocycles. The molecule has 1 saturated heterocycles. The van der Waals surface area contributed by atoms with Crippen LogP contribution in [0.3, 0.4) is 0 Å². The van der Waals surface area contributed by atoms with Crippen LogP contribution in [0.25, 0.3) is 0 Å². The number of morpholine rings is 1. The first-order valence-corrected chi connectivity index (χ1v) is 8.94. The molecule has 2 N–H and O–H groups in total. The van der Waals surface area contributed by atoms with Crippen molar-refractivity contribution in [2.45, 2.75) is 6.10 Å². The molecule has 1 aliphatic heterocycles. The number of benzene rings is 1. The van der Waals surface area contributed by atoms with Crippen LogP contribution in [0.15, 0.2) is 30.6 Å². The molecule has 0 bridgehead atoms. The number of amides is 2. The van der Waals surface area contributed by atoms with Crippen molar-refractivity contribution in [1.29, 1.82) is 5.26 Å². The molecule has 3 rings (SSSR count). The van der Waals surface area contributed by atoms with Crippen LogP contribution in [-0.4, -0.2) is 60.4 Å². The fraction of sp³-hybridized carbons (Fsp3) is 0.333. The van der Waals surface area contributed by atoms with Gasteiger partial charge in [-0.1, -0.05) is 11.6 Å². The summed E-state index contributed by atoms with van der Waals surface area (Å²) < 4.78 is 11.5. The molecule has 1 aliphatic rings. The van der Waals surface area contributed by atoms with E-state index in [9.17, 15) is 4.79 Å². The minimum Gasteiger partial charge on any atom is -0.489 e. The van der Waals surface area contributed by atoms with E-state index in [2.05, 4.69) is 25.5 Å². The fourth-order valence-electron chi connectivity index (χ4n) is 2.60. The Morgan fingerprint density at radius 2 is 2.29 bits per heavy atom. The maximum absolute atomic E-state index is 12.3. The molecular formula is C18H19ClN6O3. The molecule has 0 unspecified atom stereocenters. The lowest BCUT2D eigenvalue weighted by Crippen LogP contribution is -2.42. The van der Waals surface area contributed by atoms with E-state index in [4.69, 9.17) is 26.3 Å². The number of anilines is 2. The van der Waals surface area contributed by atoms with Gasteiger partial charge in [0.05, 0.1) is 24.7 Å². The maximum atomic E-state index is 12.3. The summed E-state index contributed by atoms with van der Waals surface area (Å²) in [5.74, 6) is 0.682. The summed E-state index contributed by atoms with van der Waals surface area (Å²) in [5, 5.41) is 14.4. The van der Waals surface area contributed by atoms with E-state index in [1.165, 1.54) is 12.4 Å². The number of aromatic nitrogens is 2. The standard InChI is InChI=1S/C18H19ClN6O3/c1-25-4-5-27-14(10-25)11-28-16-3-2-12(19)6-15(16)23-18(26)24-17-9-21-13(7-20)8-22-17/h2-3,6,8-9,14H,4-5,10-11H2,1H3,(H2,22,23,24,26)/t14-/m0/s1. The van der Waals surface area contributed by atoms with Crippen LogP contribution in [0, 0.1) is 11.3 Å². The predicted molar refractivity (Wildman–Crippen MR) is 104 cm³/mol. The predicted octanol–water partition coefficient (Wildman–Crippen LogP) is 2.36. The monoisotopic (exact) mass is 402 g/mol. The zero-order valence-electron chi connectivity index (χ0n) is 15.2. The topological polar surface area (TPSA) is 112 Å². The van der Waals surface area contributed by atoms with Gasteiger partial charge >= 0.3 is 6.03 Å². The zero-order valence-corrected chi connectivity index (χ0v) is 15.9. The molecule has 28 heavy (non-hydrogen) atoms. The molecule has 9 nitrogen and oxygen atoms in total. The summed E-state index contributed by atoms with van der Waals surface area (Å²) in [6.45, 7) is 2.67. The van der Waals surface area contributed by atoms with Crippen LogP contribution in [0.1, 0.15) is 5.69 Å². The van der Waals surface area contributed by atoms with Gasteiger partial charge in [0.2, 0.25) is 0 Å². The molecule has 1 aromatic carbocycles. The third-order valence-corrected chi connectivity index (χ3v) is 4.20. The first-order valence-electron chi connectivity index (χ1n) is 8.56. The van der Waals surface area contributed by atoms with Gasteiger partial charge in [0.1, 0.15) is 24.5 Å². The number of nitriles is 1. The van der Waals surface area contributed by atoms with Crippen molar-refractivity contribution in [3.05, 3.63) is 41.3 Å². The minimum atomic E-state index is -0.542. The summed E-state index contributed by atoms with van der Waals surface area (Å²) in [6.07, 6.45) is 2.51. The van der Waals surface area contributed by atoms with Crippen LogP contribution < -0.4 is 15.4 Å². The highest BCUT2D eigenvalue weighted by molar-refractivity contribution is 6.31. The Labute approximate surface area is 167 Å². The summed E-state index contributed by atoms with van der Waals surface area (Å²) in [7, 11) is 2.03. The summed E-state index contributed by atoms with van der Waals surface area (Å²) >= 11 is 6.05. The lowest BCUT2D eigenvalue weighted by atomic mass is 10.2. The third-order valence-electron chi connectivity index (χ3n) is 3.96. The largest absolute Gasteiger partial charge is 0.489 e. The lowest BCUT2D eigenvalue weighted by Gasteiger charge is -2.30. The first kappa shape index (κ1) is 19.8. The van der Waals surface area contributed by atoms with E-state index in [0.717, 1.165) is 13.1 Å². The summed E-state index contributed by atoms with van der Waals surface area (Å²) in [6, 6.07) is 6.28. The van der Waals surface area contributed by atoms with Gasteiger partial charge in [0, 0.05) is 18.1 Å². The number of rotatable bonds is 5. The highest BCUT2D eigenvalue weighted by Crippen LogP contribution is 2.28. The van der Waals surface area contributed by atoms with Crippen LogP contribution in [0.2, 0.25) is 5.02 Å². The van der Waals surface area contributed by atoms with E-state index >= 15 is 0 Å². The van der Waals surface area contributed by atoms with Crippen molar-refractivity contribution in [2.75, 3.05) is 44.0 Å². The van der Waals surface area contributed by atoms with Crippen LogP contribution >= 0.6 is 11.6 Å². The third kappa shape index (κ3) is 5.53. The van der Waals surface area contributed by atoms with Crippen molar-refractivity contribution in [3.8, 4) is 11.8 Å². The Bertz CT molecular complexity index is 871. The van der Waals surface area contributed by atoms with Gasteiger partial charge in [-0.25, -0.2) is 14.8 Å². The van der Waals surface area contributed by atoms with Gasteiger partial charge in [0.15, 0.2) is 11.5 Å². The van der Waals surface area contributed by atoms with Crippen molar-refractivity contribution in [1.82, 2.24) is 14.9 Å². The molecule has 0 aliphatic carbocycles. The summed E-state index contributed by atoms with van der Waals surface area (Å²) in [4.78, 5) is 22.2. The quantitative estimate of drug-likeness (QED) is 0.789. The van der Waals surface area contributed by atoms with E-state index in [0.29, 0.717) is 29.7 Å². The number of nitrogens with one attached hydrogen (secondary N) is 2. The highest BCUT2D eigenvalue weighted by atomic mass is 35.5. The average Bonchev–Trinajstić information content (AvgIpc) is 2.68. The molecule has 2 aromatic rings. The zero-order chi connectivity index (χ0) is 19.9. The second-order valence-corrected chi connectivity index (χ2v) is 6.62. The van der Waals surface area contributed by atoms with E-state index < -0.39 is 6.03 Å². The van der Waals surface area contributed by atoms with Crippen molar-refractivity contribution in [2.24, 2.45) is 0 Å². The maximum Gasteiger partial charge on any atom is 0.325 e. The smallest absolute Gasteiger partial charge is 0.325 e. The number of carbonyl (C=O) groups excluding carboxylic acids is 1. The molecule has 146 valence electrons. The second-order valence-electron chi connectivity index (χ2n) is 6.18. The Kier molecular flexibility index (Phi) is 6.60. The molecule has 0 spiro atoms. The number of hydrogen-bond donors (Lipinski definition) is 2. The molecule has 2 heterocycles. The lowest BCUT2D eigenvalue weighted by molar-refractivity contribution is -0.0402. The fourth-order valence-corrected chi connectivity index (χ4v) is 2.77. The van der Waals surface area contributed by atoms with Gasteiger partial charge in [-0.15, -0.1) is 0 Å². The molecule has 1 atom stereocenters. The normalized spacial score (nSPS) is 16.8. The van der Waals surface area contributed by atoms with E-state index in [-0.39, 0.29) is 17.6 Å². The number of nitrogens with zero attached hydrogens (tertiary/aromatic N) is 4. The van der Waals surface area contributed by atoms with Gasteiger partial charge in [-0.05, 0) is 25.2 Å². The Hall–Kier alpha value is -2.93. The molecule has 10 heteroatoms. The van der Waals surface area contributed by atoms with Crippen molar-refractivity contribution in [3.63, 3.8) is 0 Å². The Morgan fingerprint density at radius 1 is 1.43 bits per heavy atom. The average molecular weight is 403 g/mol. The molecular weight excluding hydrogens is 384 g/mol. The molecule has 0 radical (unpaired) electrons. The van der Waals surface area contributed by atoms with Gasteiger partial charge in [-0.2, -0.15) is 5.26 Å². The van der Waals surface area contributed by atoms with Crippen molar-refractivity contribution >= 4 is 29.1 Å². The molecule has 0 saturated carbocycles. The Morgan fingerprint density at radius 3 is 3.00 bits per heavy atom. The van der Waals surface area contributed by atoms with Crippen LogP contribution in [0.5, 0.6) is 5.75 Å².